The molecule has 1 aromatic rings. The molecule has 1 saturated carbocycles. The Labute approximate surface area is 181 Å². The van der Waals surface area contributed by atoms with E-state index in [1.165, 1.54) is 13.2 Å². The van der Waals surface area contributed by atoms with Gasteiger partial charge in [-0.3, -0.25) is 9.59 Å². The molecular formula is C20H22BrNO8. The Kier molecular flexibility index (Phi) is 5.38. The molecule has 6 atom stereocenters. The topological polar surface area (TPSA) is 123 Å². The number of amides is 3. The number of ether oxygens (including phenoxy) is 3. The van der Waals surface area contributed by atoms with Crippen LogP contribution in [0.25, 0.3) is 0 Å². The van der Waals surface area contributed by atoms with Crippen LogP contribution in [0.5, 0.6) is 5.75 Å². The smallest absolute Gasteiger partial charge is 0.423 e. The fourth-order valence-corrected chi connectivity index (χ4v) is 5.50. The molecular weight excluding hydrogens is 462 g/mol. The van der Waals surface area contributed by atoms with Crippen molar-refractivity contribution in [1.29, 1.82) is 0 Å². The van der Waals surface area contributed by atoms with Crippen LogP contribution in [0.3, 0.4) is 0 Å². The van der Waals surface area contributed by atoms with Crippen LogP contribution < -0.4 is 0 Å². The number of aromatic hydroxyl groups is 1. The number of phenolic OH excluding ortho intramolecular Hbond substituents is 1. The Hall–Kier alpha value is -2.01. The molecule has 0 aromatic heterocycles. The van der Waals surface area contributed by atoms with Crippen LogP contribution in [0.2, 0.25) is 0 Å². The van der Waals surface area contributed by atoms with Gasteiger partial charge < -0.3 is 24.4 Å². The van der Waals surface area contributed by atoms with Crippen LogP contribution in [-0.4, -0.2) is 59.6 Å². The standard InChI is InChI=1S/C20H22BrNO8/c1-28-8-9-5-12-16(18(25)22(17(12)24)19(26)29-2)13-7-15(30-20(9,13)27)11-6-10(21)3-4-14(11)23/h3-4,6,9,12-13,15-16,23,27H,5,7-8H2,1-2H3/t9-,12+,13+,15+,16+,20-/m1/s1. The van der Waals surface area contributed by atoms with Gasteiger partial charge in [0, 0.05) is 29.0 Å². The molecule has 1 aromatic carbocycles. The maximum atomic E-state index is 13.0. The van der Waals surface area contributed by atoms with Crippen LogP contribution in [0.1, 0.15) is 24.5 Å². The Morgan fingerprint density at radius 3 is 2.70 bits per heavy atom. The third kappa shape index (κ3) is 3.05. The summed E-state index contributed by atoms with van der Waals surface area (Å²) in [6.07, 6.45) is -1.42. The molecule has 0 spiro atoms. The summed E-state index contributed by atoms with van der Waals surface area (Å²) in [5.74, 6) is -6.13. The number of rotatable bonds is 3. The lowest BCUT2D eigenvalue weighted by Crippen LogP contribution is -2.54. The Morgan fingerprint density at radius 1 is 1.30 bits per heavy atom. The highest BCUT2D eigenvalue weighted by molar-refractivity contribution is 9.10. The van der Waals surface area contributed by atoms with Gasteiger partial charge in [0.25, 0.3) is 0 Å². The second kappa shape index (κ2) is 7.60. The molecule has 4 rings (SSSR count). The first-order chi connectivity index (χ1) is 14.2. The van der Waals surface area contributed by atoms with Crippen LogP contribution in [0.4, 0.5) is 4.79 Å². The van der Waals surface area contributed by atoms with Crippen molar-refractivity contribution in [3.05, 3.63) is 28.2 Å². The first-order valence-electron chi connectivity index (χ1n) is 9.56. The number of carbonyl (C=O) groups excluding carboxylic acids is 3. The molecule has 2 aliphatic heterocycles. The number of hydrogen-bond donors (Lipinski definition) is 2. The molecule has 9 nitrogen and oxygen atoms in total. The minimum Gasteiger partial charge on any atom is -0.508 e. The van der Waals surface area contributed by atoms with Crippen molar-refractivity contribution < 1.29 is 38.8 Å². The Morgan fingerprint density at radius 2 is 2.03 bits per heavy atom. The van der Waals surface area contributed by atoms with Gasteiger partial charge in [-0.25, -0.2) is 4.79 Å². The number of imide groups is 3. The van der Waals surface area contributed by atoms with E-state index in [-0.39, 0.29) is 25.2 Å². The number of aliphatic hydroxyl groups is 1. The van der Waals surface area contributed by atoms with Gasteiger partial charge in [0.05, 0.1) is 31.7 Å². The molecule has 1 aliphatic carbocycles. The van der Waals surface area contributed by atoms with E-state index < -0.39 is 53.5 Å². The largest absolute Gasteiger partial charge is 0.508 e. The first-order valence-corrected chi connectivity index (χ1v) is 10.4. The number of fused-ring (bicyclic) bond motifs is 3. The fourth-order valence-electron chi connectivity index (χ4n) is 5.12. The normalized spacial score (nSPS) is 35.3. The number of carbonyl (C=O) groups is 3. The van der Waals surface area contributed by atoms with Gasteiger partial charge in [-0.2, -0.15) is 4.90 Å². The van der Waals surface area contributed by atoms with Crippen LogP contribution >= 0.6 is 15.9 Å². The summed E-state index contributed by atoms with van der Waals surface area (Å²) in [7, 11) is 2.57. The maximum absolute atomic E-state index is 13.0. The molecule has 0 radical (unpaired) electrons. The predicted molar refractivity (Wildman–Crippen MR) is 104 cm³/mol. The molecule has 10 heteroatoms. The lowest BCUT2D eigenvalue weighted by molar-refractivity contribution is -0.275. The quantitative estimate of drug-likeness (QED) is 0.625. The van der Waals surface area contributed by atoms with E-state index >= 15 is 0 Å². The summed E-state index contributed by atoms with van der Waals surface area (Å²) >= 11 is 3.36. The second-order valence-corrected chi connectivity index (χ2v) is 8.82. The van der Waals surface area contributed by atoms with E-state index in [2.05, 4.69) is 20.7 Å². The average Bonchev–Trinajstić information content (AvgIpc) is 3.18. The molecule has 0 bridgehead atoms. The highest BCUT2D eigenvalue weighted by Gasteiger charge is 2.67. The number of nitrogens with zero attached hydrogens (tertiary/aromatic N) is 1. The summed E-state index contributed by atoms with van der Waals surface area (Å²) in [5, 5.41) is 21.8. The maximum Gasteiger partial charge on any atom is 0.423 e. The van der Waals surface area contributed by atoms with Crippen molar-refractivity contribution in [2.24, 2.45) is 23.7 Å². The van der Waals surface area contributed by atoms with Crippen LogP contribution in [-0.2, 0) is 23.8 Å². The van der Waals surface area contributed by atoms with Gasteiger partial charge in [0.15, 0.2) is 5.79 Å². The van der Waals surface area contributed by atoms with Crippen LogP contribution in [0.15, 0.2) is 22.7 Å². The van der Waals surface area contributed by atoms with Gasteiger partial charge >= 0.3 is 6.09 Å². The number of hydrogen-bond acceptors (Lipinski definition) is 8. The summed E-state index contributed by atoms with van der Waals surface area (Å²) in [6.45, 7) is 0.104. The van der Waals surface area contributed by atoms with Gasteiger partial charge in [-0.15, -0.1) is 0 Å². The minimum absolute atomic E-state index is 0.00435. The molecule has 2 N–H and O–H groups in total. The van der Waals surface area contributed by atoms with E-state index in [4.69, 9.17) is 9.47 Å². The number of halogens is 1. The van der Waals surface area contributed by atoms with Crippen LogP contribution in [0, 0.1) is 23.7 Å². The fraction of sp³-hybridized carbons (Fsp3) is 0.550. The molecule has 2 saturated heterocycles. The number of phenols is 1. The van der Waals surface area contributed by atoms with Gasteiger partial charge in [-0.05, 0) is 31.0 Å². The van der Waals surface area contributed by atoms with Gasteiger partial charge in [-0.1, -0.05) is 15.9 Å². The Balaban J connectivity index is 1.74. The molecule has 162 valence electrons. The van der Waals surface area contributed by atoms with E-state index in [0.29, 0.717) is 10.5 Å². The van der Waals surface area contributed by atoms with Gasteiger partial charge in [0.1, 0.15) is 5.75 Å². The van der Waals surface area contributed by atoms with Crippen molar-refractivity contribution in [3.8, 4) is 5.75 Å². The number of likely N-dealkylation sites (tertiary alicyclic amines) is 1. The number of benzene rings is 1. The summed E-state index contributed by atoms with van der Waals surface area (Å²) in [6, 6.07) is 4.87. The van der Waals surface area contributed by atoms with E-state index in [0.717, 1.165) is 11.6 Å². The zero-order valence-electron chi connectivity index (χ0n) is 16.4. The lowest BCUT2D eigenvalue weighted by atomic mass is 9.64. The van der Waals surface area contributed by atoms with E-state index in [1.54, 1.807) is 12.1 Å². The third-order valence-electron chi connectivity index (χ3n) is 6.43. The monoisotopic (exact) mass is 483 g/mol. The zero-order valence-corrected chi connectivity index (χ0v) is 18.0. The van der Waals surface area contributed by atoms with Crippen molar-refractivity contribution in [3.63, 3.8) is 0 Å². The third-order valence-corrected chi connectivity index (χ3v) is 6.92. The molecule has 3 aliphatic rings. The van der Waals surface area contributed by atoms with Gasteiger partial charge in [0.2, 0.25) is 11.8 Å². The van der Waals surface area contributed by atoms with E-state index in [9.17, 15) is 24.6 Å². The highest BCUT2D eigenvalue weighted by Crippen LogP contribution is 2.58. The molecule has 30 heavy (non-hydrogen) atoms. The minimum atomic E-state index is -1.75. The van der Waals surface area contributed by atoms with Crippen molar-refractivity contribution in [2.75, 3.05) is 20.8 Å². The SMILES string of the molecule is COC[C@H]1C[C@@H]2C(=O)N(C(=O)OC)C(=O)[C@@H]2[C@@H]2C[C@@H](c3cc(Br)ccc3O)O[C@]12O. The predicted octanol–water partition coefficient (Wildman–Crippen LogP) is 1.95. The molecule has 2 heterocycles. The summed E-state index contributed by atoms with van der Waals surface area (Å²) in [4.78, 5) is 38.4. The number of methoxy groups -OCH3 is 2. The molecule has 3 amide bonds. The van der Waals surface area contributed by atoms with Crippen molar-refractivity contribution in [2.45, 2.75) is 24.7 Å². The molecule has 3 fully saturated rings. The Bertz CT molecular complexity index is 907. The lowest BCUT2D eigenvalue weighted by Gasteiger charge is -2.44. The average molecular weight is 484 g/mol. The summed E-state index contributed by atoms with van der Waals surface area (Å²) in [5.41, 5.74) is 0.460. The highest BCUT2D eigenvalue weighted by atomic mass is 79.9. The summed E-state index contributed by atoms with van der Waals surface area (Å²) < 4.78 is 16.6. The van der Waals surface area contributed by atoms with Crippen molar-refractivity contribution in [1.82, 2.24) is 4.90 Å². The molecule has 0 unspecified atom stereocenters. The second-order valence-electron chi connectivity index (χ2n) is 7.91. The van der Waals surface area contributed by atoms with Crippen molar-refractivity contribution >= 4 is 33.8 Å². The van der Waals surface area contributed by atoms with E-state index in [1.807, 2.05) is 0 Å². The first kappa shape index (κ1) is 21.2. The zero-order chi connectivity index (χ0) is 21.8.